The molecular weight excluding hydrogens is 1610 g/mol. The molecule has 49 atom stereocenters. The lowest BCUT2D eigenvalue weighted by molar-refractivity contribution is -0.408. The molecule has 49 unspecified atom stereocenters. The first kappa shape index (κ1) is 97.5. The molecule has 0 aromatic rings. The van der Waals surface area contributed by atoms with E-state index >= 15 is 0 Å². The van der Waals surface area contributed by atoms with E-state index in [1.807, 2.05) is 0 Å². The maximum absolute atomic E-state index is 13.0. The molecular formula is C64H108N2O51. The smallest absolute Gasteiger partial charge is 0.217 e. The van der Waals surface area contributed by atoms with Crippen LogP contribution in [0.3, 0.4) is 0 Å². The van der Waals surface area contributed by atoms with Crippen LogP contribution in [0.25, 0.3) is 0 Å². The molecule has 680 valence electrons. The number of aliphatic hydroxyl groups excluding tert-OH is 30. The van der Waals surface area contributed by atoms with Gasteiger partial charge in [-0.15, -0.1) is 0 Å². The quantitative estimate of drug-likeness (QED) is 0.0266. The number of carbonyl (C=O) groups is 3. The van der Waals surface area contributed by atoms with Gasteiger partial charge < -0.3 is 254 Å². The van der Waals surface area contributed by atoms with Crippen LogP contribution in [-0.4, -0.2) is 538 Å². The molecule has 117 heavy (non-hydrogen) atoms. The summed E-state index contributed by atoms with van der Waals surface area (Å²) in [6.07, 6.45) is -104. The van der Waals surface area contributed by atoms with E-state index in [9.17, 15) is 168 Å². The van der Waals surface area contributed by atoms with Crippen molar-refractivity contribution >= 4 is 18.1 Å². The largest absolute Gasteiger partial charge is 0.394 e. The van der Waals surface area contributed by atoms with Gasteiger partial charge in [0.15, 0.2) is 56.6 Å². The Kier molecular flexibility index (Phi) is 35.9. The minimum absolute atomic E-state index is 0.00898. The van der Waals surface area contributed by atoms with Crippen LogP contribution in [0, 0.1) is 0 Å². The third-order valence-corrected chi connectivity index (χ3v) is 21.2. The summed E-state index contributed by atoms with van der Waals surface area (Å²) in [6, 6.07) is -3.96. The molecule has 9 aliphatic heterocycles. The van der Waals surface area contributed by atoms with Crippen LogP contribution in [-0.2, 0) is 99.6 Å². The number of rotatable bonds is 34. The predicted molar refractivity (Wildman–Crippen MR) is 354 cm³/mol. The maximum atomic E-state index is 13.0. The standard InChI is InChI=1S/C64H108N2O51/c1-14(76)65-16(3-67)28(79)49(17(78)4-68)111-56-27(66-15(2)77)37(88)50(24(11-75)108-56)112-61-48(99)52(114-63-55(43(94)34(85)22(9-73)106-63)117-64-54(42(93)33(84)23(10-74)107-64)116-60-46(97)40(91)31(82)20(7-71)104-60)36(87)26(110-61)12-100-57-47(98)51(113-58-44(95)38(89)29(80)18(5-69)102-58)35(86)25(109-57)13-101-62-53(41(92)32(83)21(8-72)105-62)115-59-45(96)39(90)30(81)19(6-70)103-59/h3,16-64,68-75,78-99H,4-13H2,1-2H3,(H,65,76)(H,66,77). The zero-order chi connectivity index (χ0) is 86.4. The monoisotopic (exact) mass is 1720 g/mol. The van der Waals surface area contributed by atoms with Crippen LogP contribution < -0.4 is 10.6 Å². The molecule has 0 aromatic carbocycles. The molecule has 0 aliphatic carbocycles. The lowest BCUT2D eigenvalue weighted by Crippen LogP contribution is -2.70. The first-order valence-electron chi connectivity index (χ1n) is 36.9. The van der Waals surface area contributed by atoms with E-state index in [1.54, 1.807) is 0 Å². The van der Waals surface area contributed by atoms with Crippen LogP contribution in [0.5, 0.6) is 0 Å². The van der Waals surface area contributed by atoms with E-state index in [0.29, 0.717) is 0 Å². The van der Waals surface area contributed by atoms with Gasteiger partial charge in [0.1, 0.15) is 250 Å². The summed E-state index contributed by atoms with van der Waals surface area (Å²) in [4.78, 5) is 37.2. The van der Waals surface area contributed by atoms with Gasteiger partial charge in [-0.25, -0.2) is 0 Å². The van der Waals surface area contributed by atoms with Crippen molar-refractivity contribution in [1.29, 1.82) is 0 Å². The van der Waals surface area contributed by atoms with Crippen molar-refractivity contribution in [2.75, 3.05) is 66.1 Å². The molecule has 9 fully saturated rings. The molecule has 9 heterocycles. The van der Waals surface area contributed by atoms with Gasteiger partial charge in [-0.3, -0.25) is 9.59 Å². The molecule has 32 N–H and O–H groups in total. The molecule has 53 heteroatoms. The van der Waals surface area contributed by atoms with Gasteiger partial charge in [-0.1, -0.05) is 0 Å². The molecule has 0 bridgehead atoms. The summed E-state index contributed by atoms with van der Waals surface area (Å²) in [6.45, 7) is -9.78. The lowest BCUT2D eigenvalue weighted by atomic mass is 9.94. The number of hydrogen-bond donors (Lipinski definition) is 32. The van der Waals surface area contributed by atoms with E-state index < -0.39 is 379 Å². The van der Waals surface area contributed by atoms with Crippen molar-refractivity contribution in [2.45, 2.75) is 314 Å². The minimum atomic E-state index is -2.67. The van der Waals surface area contributed by atoms with Crippen molar-refractivity contribution in [3.63, 3.8) is 0 Å². The highest BCUT2D eigenvalue weighted by Crippen LogP contribution is 2.40. The van der Waals surface area contributed by atoms with Gasteiger partial charge in [0, 0.05) is 13.8 Å². The van der Waals surface area contributed by atoms with Gasteiger partial charge in [0.2, 0.25) is 11.8 Å². The Morgan fingerprint density at radius 1 is 0.316 bits per heavy atom. The number of carbonyl (C=O) groups excluding carboxylic acids is 3. The highest BCUT2D eigenvalue weighted by atomic mass is 16.8. The van der Waals surface area contributed by atoms with Crippen molar-refractivity contribution in [3.05, 3.63) is 0 Å². The third-order valence-electron chi connectivity index (χ3n) is 21.2. The number of ether oxygens (including phenoxy) is 18. The second-order valence-corrected chi connectivity index (χ2v) is 29.2. The van der Waals surface area contributed by atoms with Crippen LogP contribution in [0.1, 0.15) is 13.8 Å². The zero-order valence-corrected chi connectivity index (χ0v) is 61.9. The predicted octanol–water partition coefficient (Wildman–Crippen LogP) is -22.7. The van der Waals surface area contributed by atoms with Crippen LogP contribution in [0.4, 0.5) is 0 Å². The molecule has 0 saturated carbocycles. The molecule has 9 aliphatic rings. The zero-order valence-electron chi connectivity index (χ0n) is 61.9. The van der Waals surface area contributed by atoms with E-state index in [1.165, 1.54) is 0 Å². The summed E-state index contributed by atoms with van der Waals surface area (Å²) in [7, 11) is 0. The molecule has 2 amide bonds. The topological polar surface area (TPSA) is 848 Å². The van der Waals surface area contributed by atoms with Crippen molar-refractivity contribution in [1.82, 2.24) is 10.6 Å². The Hall–Kier alpha value is -3.31. The number of hydrogen-bond acceptors (Lipinski definition) is 51. The van der Waals surface area contributed by atoms with Crippen LogP contribution in [0.2, 0.25) is 0 Å². The Morgan fingerprint density at radius 3 is 0.991 bits per heavy atom. The molecule has 53 nitrogen and oxygen atoms in total. The second-order valence-electron chi connectivity index (χ2n) is 29.2. The summed E-state index contributed by atoms with van der Waals surface area (Å²) >= 11 is 0. The summed E-state index contributed by atoms with van der Waals surface area (Å²) in [5, 5.41) is 336. The Morgan fingerprint density at radius 2 is 0.615 bits per heavy atom. The van der Waals surface area contributed by atoms with Crippen molar-refractivity contribution < 1.29 is 253 Å². The Balaban J connectivity index is 1.08. The average Bonchev–Trinajstić information content (AvgIpc) is 0.763. The normalized spacial score (nSPS) is 48.6. The van der Waals surface area contributed by atoms with Crippen molar-refractivity contribution in [3.8, 4) is 0 Å². The Bertz CT molecular complexity index is 3030. The van der Waals surface area contributed by atoms with Gasteiger partial charge in [0.05, 0.1) is 66.1 Å². The molecule has 0 spiro atoms. The van der Waals surface area contributed by atoms with Gasteiger partial charge in [-0.05, 0) is 0 Å². The lowest BCUT2D eigenvalue weighted by Gasteiger charge is -2.51. The summed E-state index contributed by atoms with van der Waals surface area (Å²) in [5.41, 5.74) is 0. The molecule has 0 aromatic heterocycles. The highest BCUT2D eigenvalue weighted by Gasteiger charge is 2.61. The number of amides is 2. The van der Waals surface area contributed by atoms with Crippen molar-refractivity contribution in [2.24, 2.45) is 0 Å². The fourth-order valence-corrected chi connectivity index (χ4v) is 14.5. The van der Waals surface area contributed by atoms with Gasteiger partial charge in [0.25, 0.3) is 0 Å². The summed E-state index contributed by atoms with van der Waals surface area (Å²) < 4.78 is 105. The molecule has 9 saturated heterocycles. The van der Waals surface area contributed by atoms with Crippen LogP contribution >= 0.6 is 0 Å². The van der Waals surface area contributed by atoms with Crippen LogP contribution in [0.15, 0.2) is 0 Å². The summed E-state index contributed by atoms with van der Waals surface area (Å²) in [5.74, 6) is -1.93. The van der Waals surface area contributed by atoms with Gasteiger partial charge in [-0.2, -0.15) is 0 Å². The van der Waals surface area contributed by atoms with Gasteiger partial charge >= 0.3 is 0 Å². The maximum Gasteiger partial charge on any atom is 0.217 e. The van der Waals surface area contributed by atoms with E-state index in [2.05, 4.69) is 10.6 Å². The SMILES string of the molecule is CC(=O)NC(C=O)C(O)C(OC1OC(CO)C(OC2OC(COC3OC(COC4OC(CO)C(O)C(O)C4OC4OC(CO)C(O)C(O)C4O)C(O)C(OC4OC(CO)C(O)C(O)C4O)C3O)C(O)C(OC3OC(CO)C(O)C(O)C3OC3OC(CO)C(O)C(O)C3OC3OC(CO)C(O)C(O)C3O)C2O)C(O)C1NC(C)=O)C(O)CO. The Labute approximate surface area is 660 Å². The molecule has 9 rings (SSSR count). The number of aldehydes is 1. The fourth-order valence-electron chi connectivity index (χ4n) is 14.5. The number of nitrogens with one attached hydrogen (secondary N) is 2. The highest BCUT2D eigenvalue weighted by molar-refractivity contribution is 5.77. The number of aliphatic hydroxyl groups is 30. The molecule has 0 radical (unpaired) electrons. The van der Waals surface area contributed by atoms with E-state index in [-0.39, 0.29) is 6.29 Å². The van der Waals surface area contributed by atoms with E-state index in [4.69, 9.17) is 85.3 Å². The minimum Gasteiger partial charge on any atom is -0.394 e. The average molecular weight is 1720 g/mol. The first-order chi connectivity index (χ1) is 55.4. The third kappa shape index (κ3) is 21.6. The second kappa shape index (κ2) is 43.1. The van der Waals surface area contributed by atoms with E-state index in [0.717, 1.165) is 13.8 Å². The first-order valence-corrected chi connectivity index (χ1v) is 36.9. The fraction of sp³-hybridized carbons (Fsp3) is 0.953.